The number of rotatable bonds is 2. The summed E-state index contributed by atoms with van der Waals surface area (Å²) in [7, 11) is 0. The second-order valence-electron chi connectivity index (χ2n) is 6.84. The van der Waals surface area contributed by atoms with E-state index in [-0.39, 0.29) is 0 Å². The van der Waals surface area contributed by atoms with E-state index in [4.69, 9.17) is 4.42 Å². The molecule has 1 N–H and O–H groups in total. The molecule has 2 heteroatoms. The average Bonchev–Trinajstić information content (AvgIpc) is 3.05. The van der Waals surface area contributed by atoms with Gasteiger partial charge in [0.1, 0.15) is 5.58 Å². The van der Waals surface area contributed by atoms with Gasteiger partial charge in [0, 0.05) is 16.5 Å². The molecule has 0 saturated heterocycles. The molecule has 1 heterocycles. The maximum absolute atomic E-state index is 6.28. The molecule has 26 heavy (non-hydrogen) atoms. The number of benzene rings is 4. The Morgan fingerprint density at radius 1 is 0.731 bits per heavy atom. The highest BCUT2D eigenvalue weighted by Crippen LogP contribution is 2.40. The highest BCUT2D eigenvalue weighted by molar-refractivity contribution is 6.22. The number of furan rings is 1. The molecule has 0 spiro atoms. The number of nitrogens with one attached hydrogen (secondary N) is 1. The van der Waals surface area contributed by atoms with Gasteiger partial charge < -0.3 is 9.73 Å². The summed E-state index contributed by atoms with van der Waals surface area (Å²) in [6.07, 6.45) is 0. The fourth-order valence-electron chi connectivity index (χ4n) is 3.81. The molecule has 4 aromatic carbocycles. The van der Waals surface area contributed by atoms with Crippen LogP contribution in [-0.4, -0.2) is 0 Å². The zero-order valence-corrected chi connectivity index (χ0v) is 14.8. The second-order valence-corrected chi connectivity index (χ2v) is 6.84. The topological polar surface area (TPSA) is 25.2 Å². The quantitative estimate of drug-likeness (QED) is 0.371. The molecule has 0 bridgehead atoms. The van der Waals surface area contributed by atoms with E-state index in [9.17, 15) is 0 Å². The predicted molar refractivity (Wildman–Crippen MR) is 110 cm³/mol. The summed E-state index contributed by atoms with van der Waals surface area (Å²) in [5.41, 5.74) is 6.43. The first kappa shape index (κ1) is 15.0. The fourth-order valence-corrected chi connectivity index (χ4v) is 3.81. The molecule has 126 valence electrons. The molecule has 0 amide bonds. The van der Waals surface area contributed by atoms with E-state index in [2.05, 4.69) is 79.8 Å². The summed E-state index contributed by atoms with van der Waals surface area (Å²) in [6, 6.07) is 25.3. The molecule has 0 unspecified atom stereocenters. The lowest BCUT2D eigenvalue weighted by Gasteiger charge is -2.14. The Balaban J connectivity index is 1.87. The SMILES string of the molecule is Cc1cccc(C)c1Nc1cc2ccccc2c2c1oc1ccccc12. The van der Waals surface area contributed by atoms with Crippen molar-refractivity contribution in [3.8, 4) is 0 Å². The number of para-hydroxylation sites is 2. The normalized spacial score (nSPS) is 11.5. The Morgan fingerprint density at radius 2 is 1.42 bits per heavy atom. The Kier molecular flexibility index (Phi) is 3.26. The minimum absolute atomic E-state index is 0.910. The van der Waals surface area contributed by atoms with Crippen LogP contribution in [0.2, 0.25) is 0 Å². The van der Waals surface area contributed by atoms with Crippen LogP contribution in [0.1, 0.15) is 11.1 Å². The van der Waals surface area contributed by atoms with Gasteiger partial charge in [-0.1, -0.05) is 60.7 Å². The molecule has 5 rings (SSSR count). The van der Waals surface area contributed by atoms with E-state index < -0.39 is 0 Å². The number of hydrogen-bond acceptors (Lipinski definition) is 2. The largest absolute Gasteiger partial charge is 0.454 e. The lowest BCUT2D eigenvalue weighted by Crippen LogP contribution is -1.96. The van der Waals surface area contributed by atoms with Gasteiger partial charge in [0.25, 0.3) is 0 Å². The molecule has 5 aromatic rings. The number of anilines is 2. The van der Waals surface area contributed by atoms with Crippen molar-refractivity contribution < 1.29 is 4.42 Å². The van der Waals surface area contributed by atoms with Gasteiger partial charge in [0.15, 0.2) is 5.58 Å². The fraction of sp³-hybridized carbons (Fsp3) is 0.0833. The van der Waals surface area contributed by atoms with Crippen LogP contribution in [0, 0.1) is 13.8 Å². The van der Waals surface area contributed by atoms with Crippen molar-refractivity contribution in [2.75, 3.05) is 5.32 Å². The Labute approximate surface area is 152 Å². The first-order valence-electron chi connectivity index (χ1n) is 8.88. The molecule has 0 aliphatic rings. The smallest absolute Gasteiger partial charge is 0.159 e. The minimum Gasteiger partial charge on any atom is -0.454 e. The van der Waals surface area contributed by atoms with Gasteiger partial charge in [-0.05, 0) is 47.9 Å². The van der Waals surface area contributed by atoms with Gasteiger partial charge in [-0.15, -0.1) is 0 Å². The van der Waals surface area contributed by atoms with E-state index in [1.165, 1.54) is 27.3 Å². The predicted octanol–water partition coefficient (Wildman–Crippen LogP) is 7.10. The highest BCUT2D eigenvalue weighted by atomic mass is 16.3. The van der Waals surface area contributed by atoms with Crippen LogP contribution in [-0.2, 0) is 0 Å². The number of aryl methyl sites for hydroxylation is 2. The van der Waals surface area contributed by atoms with Crippen molar-refractivity contribution in [3.63, 3.8) is 0 Å². The summed E-state index contributed by atoms with van der Waals surface area (Å²) in [5, 5.41) is 8.40. The highest BCUT2D eigenvalue weighted by Gasteiger charge is 2.15. The first-order chi connectivity index (χ1) is 12.7. The van der Waals surface area contributed by atoms with Crippen LogP contribution in [0.3, 0.4) is 0 Å². The Hall–Kier alpha value is -3.26. The molecular formula is C24H19NO. The molecule has 2 nitrogen and oxygen atoms in total. The summed E-state index contributed by atoms with van der Waals surface area (Å²) >= 11 is 0. The van der Waals surface area contributed by atoms with Crippen LogP contribution < -0.4 is 5.32 Å². The van der Waals surface area contributed by atoms with Crippen LogP contribution in [0.4, 0.5) is 11.4 Å². The maximum atomic E-state index is 6.28. The van der Waals surface area contributed by atoms with Crippen LogP contribution >= 0.6 is 0 Å². The van der Waals surface area contributed by atoms with Gasteiger partial charge in [-0.25, -0.2) is 0 Å². The molecule has 1 aromatic heterocycles. The third-order valence-corrected chi connectivity index (χ3v) is 5.11. The Bertz CT molecular complexity index is 1260. The monoisotopic (exact) mass is 337 g/mol. The van der Waals surface area contributed by atoms with E-state index in [0.29, 0.717) is 0 Å². The lowest BCUT2D eigenvalue weighted by molar-refractivity contribution is 0.670. The van der Waals surface area contributed by atoms with Gasteiger partial charge >= 0.3 is 0 Å². The molecule has 0 fully saturated rings. The van der Waals surface area contributed by atoms with Crippen LogP contribution in [0.5, 0.6) is 0 Å². The van der Waals surface area contributed by atoms with Crippen molar-refractivity contribution >= 4 is 44.1 Å². The van der Waals surface area contributed by atoms with Crippen LogP contribution in [0.25, 0.3) is 32.7 Å². The zero-order chi connectivity index (χ0) is 17.7. The zero-order valence-electron chi connectivity index (χ0n) is 14.8. The summed E-state index contributed by atoms with van der Waals surface area (Å²) < 4.78 is 6.28. The molecule has 0 aliphatic heterocycles. The molecule has 0 atom stereocenters. The molecule has 0 aliphatic carbocycles. The molecule has 0 saturated carbocycles. The lowest BCUT2D eigenvalue weighted by atomic mass is 10.0. The van der Waals surface area contributed by atoms with E-state index >= 15 is 0 Å². The van der Waals surface area contributed by atoms with Crippen molar-refractivity contribution in [3.05, 3.63) is 83.9 Å². The van der Waals surface area contributed by atoms with Gasteiger partial charge in [-0.2, -0.15) is 0 Å². The summed E-state index contributed by atoms with van der Waals surface area (Å²) in [4.78, 5) is 0. The molecular weight excluding hydrogens is 318 g/mol. The third-order valence-electron chi connectivity index (χ3n) is 5.11. The van der Waals surface area contributed by atoms with Crippen molar-refractivity contribution in [1.82, 2.24) is 0 Å². The molecule has 0 radical (unpaired) electrons. The standard InChI is InChI=1S/C24H19NO/c1-15-8-7-9-16(2)23(15)25-20-14-17-10-3-4-11-18(17)22-19-12-5-6-13-21(19)26-24(20)22/h3-14,25H,1-2H3. The number of hydrogen-bond donors (Lipinski definition) is 1. The van der Waals surface area contributed by atoms with Gasteiger partial charge in [-0.3, -0.25) is 0 Å². The summed E-state index contributed by atoms with van der Waals surface area (Å²) in [5.74, 6) is 0. The van der Waals surface area contributed by atoms with Gasteiger partial charge in [0.05, 0.1) is 5.69 Å². The van der Waals surface area contributed by atoms with Gasteiger partial charge in [0.2, 0.25) is 0 Å². The van der Waals surface area contributed by atoms with Crippen molar-refractivity contribution in [2.24, 2.45) is 0 Å². The second kappa shape index (κ2) is 5.63. The van der Waals surface area contributed by atoms with E-state index in [1.54, 1.807) is 0 Å². The minimum atomic E-state index is 0.910. The van der Waals surface area contributed by atoms with E-state index in [0.717, 1.165) is 27.9 Å². The van der Waals surface area contributed by atoms with Crippen molar-refractivity contribution in [2.45, 2.75) is 13.8 Å². The average molecular weight is 337 g/mol. The van der Waals surface area contributed by atoms with Crippen LogP contribution in [0.15, 0.2) is 77.2 Å². The summed E-state index contributed by atoms with van der Waals surface area (Å²) in [6.45, 7) is 4.26. The maximum Gasteiger partial charge on any atom is 0.159 e. The Morgan fingerprint density at radius 3 is 2.23 bits per heavy atom. The van der Waals surface area contributed by atoms with Crippen molar-refractivity contribution in [1.29, 1.82) is 0 Å². The van der Waals surface area contributed by atoms with E-state index in [1.807, 2.05) is 12.1 Å². The first-order valence-corrected chi connectivity index (χ1v) is 8.88. The third kappa shape index (κ3) is 2.19. The number of fused-ring (bicyclic) bond motifs is 5.